The summed E-state index contributed by atoms with van der Waals surface area (Å²) in [7, 11) is 0. The van der Waals surface area contributed by atoms with Gasteiger partial charge in [-0.15, -0.1) is 0 Å². The molecular formula is C16H13F3N2O4. The number of alkyl halides is 3. The highest BCUT2D eigenvalue weighted by Gasteiger charge is 2.27. The molecule has 0 radical (unpaired) electrons. The van der Waals surface area contributed by atoms with Gasteiger partial charge in [-0.05, 0) is 29.8 Å². The van der Waals surface area contributed by atoms with Gasteiger partial charge in [-0.3, -0.25) is 14.9 Å². The van der Waals surface area contributed by atoms with Gasteiger partial charge < -0.3 is 10.1 Å². The summed E-state index contributed by atoms with van der Waals surface area (Å²) in [5.74, 6) is -0.462. The number of nitrogens with zero attached hydrogens (tertiary/aromatic N) is 1. The van der Waals surface area contributed by atoms with Crippen LogP contribution in [0.3, 0.4) is 0 Å². The van der Waals surface area contributed by atoms with E-state index in [1.807, 2.05) is 0 Å². The fourth-order valence-corrected chi connectivity index (χ4v) is 1.91. The number of halogens is 3. The minimum Gasteiger partial charge on any atom is -0.367 e. The zero-order valence-corrected chi connectivity index (χ0v) is 12.7. The zero-order valence-electron chi connectivity index (χ0n) is 12.7. The molecule has 132 valence electrons. The van der Waals surface area contributed by atoms with E-state index in [1.54, 1.807) is 0 Å². The summed E-state index contributed by atoms with van der Waals surface area (Å²) in [5.41, 5.74) is 1.07. The van der Waals surface area contributed by atoms with Crippen molar-refractivity contribution >= 4 is 17.3 Å². The van der Waals surface area contributed by atoms with Crippen molar-refractivity contribution in [3.8, 4) is 0 Å². The standard InChI is InChI=1S/C16H13F3N2O4/c17-16(18,19)10-25-9-11-1-5-13(6-2-11)20-15(22)12-3-7-14(8-4-12)21(23)24/h1-8H,9-10H2,(H,20,22). The number of nitrogens with one attached hydrogen (secondary N) is 1. The van der Waals surface area contributed by atoms with Gasteiger partial charge in [0, 0.05) is 23.4 Å². The van der Waals surface area contributed by atoms with E-state index < -0.39 is 23.6 Å². The number of hydrogen-bond donors (Lipinski definition) is 1. The van der Waals surface area contributed by atoms with Crippen LogP contribution < -0.4 is 5.32 Å². The van der Waals surface area contributed by atoms with Crippen molar-refractivity contribution in [2.45, 2.75) is 12.8 Å². The van der Waals surface area contributed by atoms with Crippen LogP contribution in [0, 0.1) is 10.1 Å². The maximum absolute atomic E-state index is 12.0. The minimum atomic E-state index is -4.38. The van der Waals surface area contributed by atoms with Crippen molar-refractivity contribution in [2.75, 3.05) is 11.9 Å². The maximum Gasteiger partial charge on any atom is 0.411 e. The molecule has 0 heterocycles. The third kappa shape index (κ3) is 5.88. The second-order valence-electron chi connectivity index (χ2n) is 5.06. The molecule has 0 fully saturated rings. The number of anilines is 1. The SMILES string of the molecule is O=C(Nc1ccc(COCC(F)(F)F)cc1)c1ccc([N+](=O)[O-])cc1. The molecule has 0 aromatic heterocycles. The molecule has 0 unspecified atom stereocenters. The van der Waals surface area contributed by atoms with Crippen molar-refractivity contribution < 1.29 is 27.6 Å². The Morgan fingerprint density at radius 3 is 2.20 bits per heavy atom. The molecule has 2 aromatic rings. The number of amides is 1. The van der Waals surface area contributed by atoms with Crippen molar-refractivity contribution in [1.82, 2.24) is 0 Å². The molecule has 25 heavy (non-hydrogen) atoms. The van der Waals surface area contributed by atoms with E-state index in [4.69, 9.17) is 0 Å². The predicted octanol–water partition coefficient (Wildman–Crippen LogP) is 3.93. The first-order valence-corrected chi connectivity index (χ1v) is 7.04. The van der Waals surface area contributed by atoms with E-state index in [2.05, 4.69) is 10.1 Å². The average Bonchev–Trinajstić information content (AvgIpc) is 2.55. The molecule has 0 aliphatic heterocycles. The number of carbonyl (C=O) groups excluding carboxylic acids is 1. The van der Waals surface area contributed by atoms with Gasteiger partial charge >= 0.3 is 6.18 Å². The first-order valence-electron chi connectivity index (χ1n) is 7.04. The van der Waals surface area contributed by atoms with E-state index in [9.17, 15) is 28.1 Å². The van der Waals surface area contributed by atoms with Gasteiger partial charge in [0.1, 0.15) is 6.61 Å². The fourth-order valence-electron chi connectivity index (χ4n) is 1.91. The van der Waals surface area contributed by atoms with E-state index in [0.29, 0.717) is 11.3 Å². The Morgan fingerprint density at radius 1 is 1.08 bits per heavy atom. The Morgan fingerprint density at radius 2 is 1.68 bits per heavy atom. The summed E-state index contributed by atoms with van der Waals surface area (Å²) < 4.78 is 40.5. The third-order valence-corrected chi connectivity index (χ3v) is 3.09. The first kappa shape index (κ1) is 18.4. The van der Waals surface area contributed by atoms with Crippen LogP contribution in [-0.4, -0.2) is 23.6 Å². The van der Waals surface area contributed by atoms with Crippen molar-refractivity contribution in [1.29, 1.82) is 0 Å². The summed E-state index contributed by atoms with van der Waals surface area (Å²) in [6.45, 7) is -1.53. The minimum absolute atomic E-state index is 0.125. The summed E-state index contributed by atoms with van der Waals surface area (Å²) in [4.78, 5) is 22.0. The third-order valence-electron chi connectivity index (χ3n) is 3.09. The van der Waals surface area contributed by atoms with Crippen LogP contribution in [0.4, 0.5) is 24.5 Å². The Labute approximate surface area is 140 Å². The molecule has 0 atom stereocenters. The summed E-state index contributed by atoms with van der Waals surface area (Å²) in [6.07, 6.45) is -4.38. The predicted molar refractivity (Wildman–Crippen MR) is 83.2 cm³/mol. The number of nitro benzene ring substituents is 1. The van der Waals surface area contributed by atoms with E-state index in [-0.39, 0.29) is 17.9 Å². The lowest BCUT2D eigenvalue weighted by molar-refractivity contribution is -0.384. The van der Waals surface area contributed by atoms with E-state index in [1.165, 1.54) is 48.5 Å². The van der Waals surface area contributed by atoms with Crippen molar-refractivity contribution in [3.05, 3.63) is 69.8 Å². The highest BCUT2D eigenvalue weighted by Crippen LogP contribution is 2.17. The Kier molecular flexibility index (Phi) is 5.71. The normalized spacial score (nSPS) is 11.2. The lowest BCUT2D eigenvalue weighted by Crippen LogP contribution is -2.16. The Hall–Kier alpha value is -2.94. The lowest BCUT2D eigenvalue weighted by Gasteiger charge is -2.09. The van der Waals surface area contributed by atoms with Crippen molar-refractivity contribution in [3.63, 3.8) is 0 Å². The van der Waals surface area contributed by atoms with Crippen LogP contribution in [-0.2, 0) is 11.3 Å². The maximum atomic E-state index is 12.0. The molecule has 6 nitrogen and oxygen atoms in total. The number of rotatable bonds is 6. The average molecular weight is 354 g/mol. The molecule has 0 aliphatic carbocycles. The molecule has 2 aromatic carbocycles. The van der Waals surface area contributed by atoms with Gasteiger partial charge in [-0.25, -0.2) is 0 Å². The monoisotopic (exact) mass is 354 g/mol. The molecule has 2 rings (SSSR count). The topological polar surface area (TPSA) is 81.5 Å². The van der Waals surface area contributed by atoms with Gasteiger partial charge in [0.2, 0.25) is 0 Å². The molecule has 0 saturated carbocycles. The quantitative estimate of drug-likeness (QED) is 0.630. The molecular weight excluding hydrogens is 341 g/mol. The smallest absolute Gasteiger partial charge is 0.367 e. The largest absolute Gasteiger partial charge is 0.411 e. The van der Waals surface area contributed by atoms with Crippen LogP contribution in [0.2, 0.25) is 0 Å². The fraction of sp³-hybridized carbons (Fsp3) is 0.188. The number of carbonyl (C=O) groups is 1. The molecule has 0 aliphatic rings. The highest BCUT2D eigenvalue weighted by molar-refractivity contribution is 6.04. The van der Waals surface area contributed by atoms with Crippen LogP contribution >= 0.6 is 0 Å². The molecule has 0 bridgehead atoms. The van der Waals surface area contributed by atoms with Gasteiger partial charge in [0.15, 0.2) is 0 Å². The van der Waals surface area contributed by atoms with E-state index in [0.717, 1.165) is 0 Å². The van der Waals surface area contributed by atoms with Crippen LogP contribution in [0.1, 0.15) is 15.9 Å². The van der Waals surface area contributed by atoms with Gasteiger partial charge in [-0.2, -0.15) is 13.2 Å². The second kappa shape index (κ2) is 7.75. The zero-order chi connectivity index (χ0) is 18.4. The number of ether oxygens (including phenoxy) is 1. The van der Waals surface area contributed by atoms with Crippen LogP contribution in [0.25, 0.3) is 0 Å². The molecule has 9 heteroatoms. The molecule has 1 N–H and O–H groups in total. The van der Waals surface area contributed by atoms with Gasteiger partial charge in [0.05, 0.1) is 11.5 Å². The van der Waals surface area contributed by atoms with E-state index >= 15 is 0 Å². The summed E-state index contributed by atoms with van der Waals surface area (Å²) in [6, 6.07) is 11.2. The molecule has 0 spiro atoms. The number of non-ortho nitro benzene ring substituents is 1. The first-order chi connectivity index (χ1) is 11.7. The Balaban J connectivity index is 1.91. The van der Waals surface area contributed by atoms with Gasteiger partial charge in [0.25, 0.3) is 11.6 Å². The van der Waals surface area contributed by atoms with Gasteiger partial charge in [-0.1, -0.05) is 12.1 Å². The highest BCUT2D eigenvalue weighted by atomic mass is 19.4. The van der Waals surface area contributed by atoms with Crippen LogP contribution in [0.15, 0.2) is 48.5 Å². The Bertz CT molecular complexity index is 743. The molecule has 1 amide bonds. The summed E-state index contributed by atoms with van der Waals surface area (Å²) >= 11 is 0. The molecule has 0 saturated heterocycles. The second-order valence-corrected chi connectivity index (χ2v) is 5.06. The number of benzene rings is 2. The number of hydrogen-bond acceptors (Lipinski definition) is 4. The number of nitro groups is 1. The lowest BCUT2D eigenvalue weighted by atomic mass is 10.1. The van der Waals surface area contributed by atoms with Crippen LogP contribution in [0.5, 0.6) is 0 Å². The van der Waals surface area contributed by atoms with Crippen molar-refractivity contribution in [2.24, 2.45) is 0 Å². The summed E-state index contributed by atoms with van der Waals surface area (Å²) in [5, 5.41) is 13.2.